The van der Waals surface area contributed by atoms with Crippen molar-refractivity contribution in [3.8, 4) is 0 Å². The predicted octanol–water partition coefficient (Wildman–Crippen LogP) is 3.10. The van der Waals surface area contributed by atoms with Crippen LogP contribution >= 0.6 is 23.5 Å². The van der Waals surface area contributed by atoms with Gasteiger partial charge in [-0.2, -0.15) is 16.7 Å². The Kier molecular flexibility index (Phi) is 4.10. The van der Waals surface area contributed by atoms with E-state index in [1.54, 1.807) is 0 Å². The lowest BCUT2D eigenvalue weighted by Gasteiger charge is -2.27. The highest BCUT2D eigenvalue weighted by Gasteiger charge is 2.38. The van der Waals surface area contributed by atoms with Crippen molar-refractivity contribution in [1.29, 1.82) is 0 Å². The van der Waals surface area contributed by atoms with Crippen molar-refractivity contribution >= 4 is 23.5 Å². The zero-order chi connectivity index (χ0) is 13.3. The highest BCUT2D eigenvalue weighted by Crippen LogP contribution is 2.44. The van der Waals surface area contributed by atoms with Gasteiger partial charge in [0.15, 0.2) is 5.82 Å². The molecule has 2 heterocycles. The Balaban J connectivity index is 1.80. The van der Waals surface area contributed by atoms with E-state index in [1.165, 1.54) is 24.3 Å². The summed E-state index contributed by atoms with van der Waals surface area (Å²) in [6, 6.07) is 0. The maximum absolute atomic E-state index is 6.38. The smallest absolute Gasteiger partial charge is 0.246 e. The first-order valence-corrected chi connectivity index (χ1v) is 9.19. The number of hydrogen-bond donors (Lipinski definition) is 1. The molecule has 6 heteroatoms. The van der Waals surface area contributed by atoms with Crippen LogP contribution in [0.4, 0.5) is 0 Å². The minimum absolute atomic E-state index is 0.362. The largest absolute Gasteiger partial charge is 0.337 e. The van der Waals surface area contributed by atoms with E-state index in [9.17, 15) is 0 Å². The molecule has 1 aromatic heterocycles. The fraction of sp³-hybridized carbons (Fsp3) is 0.846. The second-order valence-corrected chi connectivity index (χ2v) is 8.03. The van der Waals surface area contributed by atoms with E-state index in [0.717, 1.165) is 25.1 Å². The minimum atomic E-state index is -0.362. The molecule has 4 nitrogen and oxygen atoms in total. The normalized spacial score (nSPS) is 30.6. The Hall–Kier alpha value is -0.200. The summed E-state index contributed by atoms with van der Waals surface area (Å²) in [5.41, 5.74) is 6.02. The summed E-state index contributed by atoms with van der Waals surface area (Å²) in [4.78, 5) is 4.65. The maximum atomic E-state index is 6.38. The molecule has 106 valence electrons. The van der Waals surface area contributed by atoms with Crippen molar-refractivity contribution in [3.63, 3.8) is 0 Å². The summed E-state index contributed by atoms with van der Waals surface area (Å²) in [6.45, 7) is 2.24. The Morgan fingerprint density at radius 1 is 1.32 bits per heavy atom. The van der Waals surface area contributed by atoms with Crippen molar-refractivity contribution < 1.29 is 4.52 Å². The van der Waals surface area contributed by atoms with Gasteiger partial charge in [0, 0.05) is 16.8 Å². The third kappa shape index (κ3) is 2.67. The van der Waals surface area contributed by atoms with Crippen LogP contribution in [0.5, 0.6) is 0 Å². The van der Waals surface area contributed by atoms with Gasteiger partial charge in [-0.25, -0.2) is 0 Å². The summed E-state index contributed by atoms with van der Waals surface area (Å²) in [5, 5.41) is 5.19. The number of rotatable bonds is 3. The van der Waals surface area contributed by atoms with Gasteiger partial charge >= 0.3 is 0 Å². The molecule has 1 saturated carbocycles. The highest BCUT2D eigenvalue weighted by atomic mass is 32.2. The lowest BCUT2D eigenvalue weighted by atomic mass is 9.99. The standard InChI is InChI=1S/C13H21N3OS2/c1-2-9-10(19-8-7-18-9)11-15-12(17-16-11)13(14)5-3-4-6-13/h9-10H,2-8,14H2,1H3. The predicted molar refractivity (Wildman–Crippen MR) is 80.4 cm³/mol. The van der Waals surface area contributed by atoms with E-state index < -0.39 is 0 Å². The van der Waals surface area contributed by atoms with E-state index in [1.807, 2.05) is 23.5 Å². The fourth-order valence-corrected chi connectivity index (χ4v) is 5.90. The van der Waals surface area contributed by atoms with Crippen LogP contribution in [0.25, 0.3) is 0 Å². The maximum Gasteiger partial charge on any atom is 0.246 e. The van der Waals surface area contributed by atoms with Gasteiger partial charge in [-0.05, 0) is 19.3 Å². The average Bonchev–Trinajstić information content (AvgIpc) is 3.08. The molecule has 2 atom stereocenters. The van der Waals surface area contributed by atoms with E-state index in [2.05, 4.69) is 17.1 Å². The first-order valence-electron chi connectivity index (χ1n) is 7.09. The van der Waals surface area contributed by atoms with Crippen LogP contribution in [-0.4, -0.2) is 26.9 Å². The molecule has 1 saturated heterocycles. The number of hydrogen-bond acceptors (Lipinski definition) is 6. The van der Waals surface area contributed by atoms with E-state index >= 15 is 0 Å². The second kappa shape index (κ2) is 5.66. The average molecular weight is 299 g/mol. The third-order valence-electron chi connectivity index (χ3n) is 4.07. The molecule has 0 radical (unpaired) electrons. The van der Waals surface area contributed by atoms with Crippen LogP contribution in [0.2, 0.25) is 0 Å². The Morgan fingerprint density at radius 2 is 2.05 bits per heavy atom. The number of nitrogens with zero attached hydrogens (tertiary/aromatic N) is 2. The molecule has 1 aromatic rings. The van der Waals surface area contributed by atoms with Crippen LogP contribution in [0.15, 0.2) is 4.52 Å². The molecular formula is C13H21N3OS2. The SMILES string of the molecule is CCC1SCCSC1c1noc(C2(N)CCCC2)n1. The number of nitrogens with two attached hydrogens (primary N) is 1. The third-order valence-corrected chi connectivity index (χ3v) is 7.31. The first-order chi connectivity index (χ1) is 9.23. The van der Waals surface area contributed by atoms with Crippen molar-refractivity contribution in [3.05, 3.63) is 11.7 Å². The van der Waals surface area contributed by atoms with E-state index in [-0.39, 0.29) is 5.54 Å². The van der Waals surface area contributed by atoms with Crippen LogP contribution < -0.4 is 5.73 Å². The van der Waals surface area contributed by atoms with Gasteiger partial charge in [0.05, 0.1) is 10.8 Å². The summed E-state index contributed by atoms with van der Waals surface area (Å²) >= 11 is 3.99. The minimum Gasteiger partial charge on any atom is -0.337 e. The molecule has 0 spiro atoms. The topological polar surface area (TPSA) is 64.9 Å². The van der Waals surface area contributed by atoms with Crippen molar-refractivity contribution in [1.82, 2.24) is 10.1 Å². The van der Waals surface area contributed by atoms with Crippen LogP contribution in [0.1, 0.15) is 56.0 Å². The van der Waals surface area contributed by atoms with Gasteiger partial charge in [-0.15, -0.1) is 11.8 Å². The van der Waals surface area contributed by atoms with Crippen molar-refractivity contribution in [2.45, 2.75) is 55.1 Å². The molecule has 2 fully saturated rings. The highest BCUT2D eigenvalue weighted by molar-refractivity contribution is 8.06. The second-order valence-electron chi connectivity index (χ2n) is 5.43. The lowest BCUT2D eigenvalue weighted by molar-refractivity contribution is 0.283. The van der Waals surface area contributed by atoms with Crippen LogP contribution in [0.3, 0.4) is 0 Å². The zero-order valence-electron chi connectivity index (χ0n) is 11.3. The van der Waals surface area contributed by atoms with Crippen molar-refractivity contribution in [2.24, 2.45) is 5.73 Å². The molecule has 0 amide bonds. The van der Waals surface area contributed by atoms with Gasteiger partial charge < -0.3 is 10.3 Å². The molecule has 2 unspecified atom stereocenters. The first kappa shape index (κ1) is 13.8. The molecular weight excluding hydrogens is 278 g/mol. The molecule has 19 heavy (non-hydrogen) atoms. The summed E-state index contributed by atoms with van der Waals surface area (Å²) in [7, 11) is 0. The lowest BCUT2D eigenvalue weighted by Crippen LogP contribution is -2.33. The quantitative estimate of drug-likeness (QED) is 0.925. The summed E-state index contributed by atoms with van der Waals surface area (Å²) < 4.78 is 5.49. The van der Waals surface area contributed by atoms with Gasteiger partial charge in [-0.3, -0.25) is 0 Å². The Morgan fingerprint density at radius 3 is 2.79 bits per heavy atom. The molecule has 2 aliphatic rings. The van der Waals surface area contributed by atoms with Gasteiger partial charge in [0.2, 0.25) is 5.89 Å². The van der Waals surface area contributed by atoms with Gasteiger partial charge in [0.25, 0.3) is 0 Å². The number of thioether (sulfide) groups is 2. The van der Waals surface area contributed by atoms with Gasteiger partial charge in [-0.1, -0.05) is 24.9 Å². The Labute approximate surface area is 122 Å². The van der Waals surface area contributed by atoms with Crippen LogP contribution in [0, 0.1) is 0 Å². The molecule has 0 bridgehead atoms. The van der Waals surface area contributed by atoms with E-state index in [4.69, 9.17) is 10.3 Å². The summed E-state index contributed by atoms with van der Waals surface area (Å²) in [6.07, 6.45) is 5.43. The summed E-state index contributed by atoms with van der Waals surface area (Å²) in [5.74, 6) is 3.91. The van der Waals surface area contributed by atoms with Crippen LogP contribution in [-0.2, 0) is 5.54 Å². The van der Waals surface area contributed by atoms with Gasteiger partial charge in [0.1, 0.15) is 0 Å². The van der Waals surface area contributed by atoms with Crippen molar-refractivity contribution in [2.75, 3.05) is 11.5 Å². The fourth-order valence-electron chi connectivity index (χ4n) is 2.91. The molecule has 0 aromatic carbocycles. The zero-order valence-corrected chi connectivity index (χ0v) is 12.9. The molecule has 3 rings (SSSR count). The molecule has 1 aliphatic carbocycles. The number of aromatic nitrogens is 2. The Bertz CT molecular complexity index is 431. The molecule has 1 aliphatic heterocycles. The van der Waals surface area contributed by atoms with E-state index in [0.29, 0.717) is 16.4 Å². The molecule has 2 N–H and O–H groups in total. The monoisotopic (exact) mass is 299 g/mol.